The zero-order valence-electron chi connectivity index (χ0n) is 26.2. The number of ether oxygens (including phenoxy) is 2. The number of aryl methyl sites for hydroxylation is 1. The van der Waals surface area contributed by atoms with Gasteiger partial charge < -0.3 is 25.8 Å². The van der Waals surface area contributed by atoms with Crippen molar-refractivity contribution in [3.05, 3.63) is 46.1 Å². The van der Waals surface area contributed by atoms with Crippen LogP contribution in [0.2, 0.25) is 5.02 Å². The number of nitrogens with zero attached hydrogens (tertiary/aromatic N) is 7. The Bertz CT molecular complexity index is 1980. The summed E-state index contributed by atoms with van der Waals surface area (Å²) in [5.41, 5.74) is 7.70. The third-order valence-corrected chi connectivity index (χ3v) is 9.75. The van der Waals surface area contributed by atoms with E-state index in [2.05, 4.69) is 24.9 Å². The summed E-state index contributed by atoms with van der Waals surface area (Å²) >= 11 is 6.74. The molecule has 18 heteroatoms. The van der Waals surface area contributed by atoms with Gasteiger partial charge in [0.2, 0.25) is 0 Å². The minimum Gasteiger partial charge on any atom is -0.489 e. The van der Waals surface area contributed by atoms with Crippen LogP contribution in [0.15, 0.2) is 18.5 Å². The summed E-state index contributed by atoms with van der Waals surface area (Å²) in [6, 6.07) is -0.0218. The molecule has 260 valence electrons. The molecule has 3 aliphatic heterocycles. The van der Waals surface area contributed by atoms with E-state index < -0.39 is 75.8 Å². The smallest absolute Gasteiger partial charge is 0.418 e. The van der Waals surface area contributed by atoms with Gasteiger partial charge in [0.05, 0.1) is 51.9 Å². The van der Waals surface area contributed by atoms with Gasteiger partial charge in [0.25, 0.3) is 5.92 Å². The normalized spacial score (nSPS) is 21.0. The van der Waals surface area contributed by atoms with Crippen LogP contribution < -0.4 is 25.8 Å². The van der Waals surface area contributed by atoms with E-state index in [0.29, 0.717) is 25.1 Å². The van der Waals surface area contributed by atoms with E-state index in [9.17, 15) is 22.0 Å². The van der Waals surface area contributed by atoms with Crippen molar-refractivity contribution in [3.63, 3.8) is 0 Å². The number of alkyl halides is 5. The largest absolute Gasteiger partial charge is 0.489 e. The standard InChI is InChI=1S/C31H30ClF6N9O2/c1-14-10-16(39)43-23(19(14)31(36,37)38)17-20(32)25-18-24(21(17)33)44-28(49-13-29-4-3-7-46(29)12-30(34,35)11-29)45-27(18)47(8-9-48-25)15(2)22-26(40)42-6-5-41-22/h5-6,10,15H,3-4,7-9,11-13H2,1-2H3,(H2,39,43)(H2,40,42)/t15-,29+/m1/s1. The summed E-state index contributed by atoms with van der Waals surface area (Å²) in [5, 5.41) is -0.568. The van der Waals surface area contributed by atoms with Crippen LogP contribution in [0.1, 0.15) is 49.0 Å². The van der Waals surface area contributed by atoms with Crippen LogP contribution in [0.3, 0.4) is 0 Å². The molecular formula is C31H30ClF6N9O2. The van der Waals surface area contributed by atoms with Gasteiger partial charge in [0.1, 0.15) is 41.9 Å². The molecule has 2 saturated heterocycles. The Morgan fingerprint density at radius 3 is 2.61 bits per heavy atom. The van der Waals surface area contributed by atoms with Crippen LogP contribution in [0.4, 0.5) is 43.8 Å². The lowest BCUT2D eigenvalue weighted by atomic mass is 9.94. The van der Waals surface area contributed by atoms with Crippen LogP contribution >= 0.6 is 11.6 Å². The van der Waals surface area contributed by atoms with E-state index in [4.69, 9.17) is 32.5 Å². The van der Waals surface area contributed by atoms with Gasteiger partial charge in [-0.05, 0) is 44.9 Å². The number of hydrogen-bond acceptors (Lipinski definition) is 11. The Morgan fingerprint density at radius 2 is 1.88 bits per heavy atom. The monoisotopic (exact) mass is 709 g/mol. The summed E-state index contributed by atoms with van der Waals surface area (Å²) in [6.07, 6.45) is -1.44. The van der Waals surface area contributed by atoms with Crippen LogP contribution in [0, 0.1) is 12.7 Å². The van der Waals surface area contributed by atoms with E-state index >= 15 is 4.39 Å². The molecular weight excluding hydrogens is 680 g/mol. The Labute approximate surface area is 280 Å². The van der Waals surface area contributed by atoms with Gasteiger partial charge in [-0.15, -0.1) is 0 Å². The molecule has 6 heterocycles. The Kier molecular flexibility index (Phi) is 7.85. The maximum absolute atomic E-state index is 16.9. The highest BCUT2D eigenvalue weighted by Gasteiger charge is 2.57. The third-order valence-electron chi connectivity index (χ3n) is 9.39. The highest BCUT2D eigenvalue weighted by Crippen LogP contribution is 2.51. The molecule has 2 fully saturated rings. The van der Waals surface area contributed by atoms with E-state index in [1.165, 1.54) is 19.3 Å². The molecule has 0 unspecified atom stereocenters. The lowest BCUT2D eigenvalue weighted by molar-refractivity contribution is -0.137. The van der Waals surface area contributed by atoms with Crippen molar-refractivity contribution in [2.75, 3.05) is 49.2 Å². The first-order valence-corrected chi connectivity index (χ1v) is 15.8. The molecule has 0 spiro atoms. The number of rotatable bonds is 6. The number of hydrogen-bond donors (Lipinski definition) is 2. The number of halogens is 7. The minimum atomic E-state index is -4.97. The Balaban J connectivity index is 1.45. The summed E-state index contributed by atoms with van der Waals surface area (Å²) in [4.78, 5) is 24.6. The first-order valence-electron chi connectivity index (χ1n) is 15.4. The number of nitrogen functional groups attached to an aromatic ring is 2. The van der Waals surface area contributed by atoms with E-state index in [1.807, 2.05) is 0 Å². The molecule has 4 N–H and O–H groups in total. The van der Waals surface area contributed by atoms with Gasteiger partial charge in [-0.25, -0.2) is 23.1 Å². The van der Waals surface area contributed by atoms with E-state index in [0.717, 1.165) is 6.07 Å². The van der Waals surface area contributed by atoms with Crippen molar-refractivity contribution in [2.45, 2.75) is 56.8 Å². The highest BCUT2D eigenvalue weighted by molar-refractivity contribution is 6.36. The van der Waals surface area contributed by atoms with Crippen molar-refractivity contribution in [1.82, 2.24) is 29.8 Å². The van der Waals surface area contributed by atoms with Crippen LogP contribution in [0.5, 0.6) is 11.8 Å². The molecule has 3 aromatic heterocycles. The lowest BCUT2D eigenvalue weighted by Gasteiger charge is -2.31. The average Bonchev–Trinajstić information content (AvgIpc) is 3.41. The number of aromatic nitrogens is 5. The lowest BCUT2D eigenvalue weighted by Crippen LogP contribution is -2.43. The Morgan fingerprint density at radius 1 is 1.12 bits per heavy atom. The van der Waals surface area contributed by atoms with Crippen molar-refractivity contribution in [3.8, 4) is 23.0 Å². The fraction of sp³-hybridized carbons (Fsp3) is 0.452. The summed E-state index contributed by atoms with van der Waals surface area (Å²) < 4.78 is 101. The maximum atomic E-state index is 16.9. The first-order chi connectivity index (χ1) is 23.1. The molecule has 3 aliphatic rings. The van der Waals surface area contributed by atoms with Gasteiger partial charge in [-0.1, -0.05) is 11.6 Å². The average molecular weight is 710 g/mol. The molecule has 1 aromatic carbocycles. The van der Waals surface area contributed by atoms with E-state index in [1.54, 1.807) is 16.7 Å². The van der Waals surface area contributed by atoms with Crippen molar-refractivity contribution < 1.29 is 35.8 Å². The van der Waals surface area contributed by atoms with Crippen LogP contribution in [0.25, 0.3) is 22.2 Å². The number of benzene rings is 1. The van der Waals surface area contributed by atoms with Gasteiger partial charge in [-0.3, -0.25) is 9.88 Å². The topological polar surface area (TPSA) is 141 Å². The predicted molar refractivity (Wildman–Crippen MR) is 168 cm³/mol. The van der Waals surface area contributed by atoms with Crippen molar-refractivity contribution >= 4 is 40.0 Å². The molecule has 11 nitrogen and oxygen atoms in total. The van der Waals surface area contributed by atoms with Gasteiger partial charge in [-0.2, -0.15) is 23.1 Å². The molecule has 4 aromatic rings. The number of fused-ring (bicyclic) bond motifs is 1. The minimum absolute atomic E-state index is 0.0442. The first kappa shape index (κ1) is 33.1. The zero-order chi connectivity index (χ0) is 35.0. The predicted octanol–water partition coefficient (Wildman–Crippen LogP) is 5.98. The molecule has 0 saturated carbocycles. The molecule has 0 bridgehead atoms. The fourth-order valence-electron chi connectivity index (χ4n) is 7.32. The highest BCUT2D eigenvalue weighted by atomic mass is 35.5. The summed E-state index contributed by atoms with van der Waals surface area (Å²) in [7, 11) is 0. The maximum Gasteiger partial charge on any atom is 0.418 e. The summed E-state index contributed by atoms with van der Waals surface area (Å²) in [6.45, 7) is 2.73. The zero-order valence-corrected chi connectivity index (χ0v) is 27.0. The van der Waals surface area contributed by atoms with Gasteiger partial charge >= 0.3 is 12.2 Å². The van der Waals surface area contributed by atoms with Gasteiger partial charge in [0.15, 0.2) is 11.6 Å². The third kappa shape index (κ3) is 5.56. The SMILES string of the molecule is Cc1cc(N)nc(-c2c(Cl)c3c4c(nc(OC[C@@]56CCCN5CC(F)(F)C6)nc4c2F)N([C@H](C)c2nccnc2N)CCO3)c1C(F)(F)F. The second-order valence-corrected chi connectivity index (χ2v) is 13.0. The number of nitrogens with two attached hydrogens (primary N) is 2. The molecule has 7 rings (SSSR count). The molecule has 0 radical (unpaired) electrons. The fourth-order valence-corrected chi connectivity index (χ4v) is 7.64. The van der Waals surface area contributed by atoms with E-state index in [-0.39, 0.29) is 53.9 Å². The van der Waals surface area contributed by atoms with Crippen LogP contribution in [-0.4, -0.2) is 74.1 Å². The molecule has 49 heavy (non-hydrogen) atoms. The second-order valence-electron chi connectivity index (χ2n) is 12.6. The number of anilines is 3. The second kappa shape index (κ2) is 11.6. The quantitative estimate of drug-likeness (QED) is 0.229. The summed E-state index contributed by atoms with van der Waals surface area (Å²) in [5.74, 6) is -4.53. The molecule has 0 aliphatic carbocycles. The van der Waals surface area contributed by atoms with Crippen LogP contribution in [-0.2, 0) is 6.18 Å². The molecule has 0 amide bonds. The molecule has 2 atom stereocenters. The van der Waals surface area contributed by atoms with Gasteiger partial charge in [0, 0.05) is 18.8 Å². The number of pyridine rings is 1. The van der Waals surface area contributed by atoms with Crippen molar-refractivity contribution in [2.24, 2.45) is 0 Å². The van der Waals surface area contributed by atoms with Crippen molar-refractivity contribution in [1.29, 1.82) is 0 Å². The Hall–Kier alpha value is -4.38.